The molecule has 4 rings (SSSR count). The predicted octanol–water partition coefficient (Wildman–Crippen LogP) is 4.71. The number of hydrogen-bond donors (Lipinski definition) is 6. The number of phenolic OH excluding ortho intramolecular Hbond substituents is 6. The van der Waals surface area contributed by atoms with E-state index in [2.05, 4.69) is 9.98 Å². The molecule has 6 N–H and O–H groups in total. The predicted molar refractivity (Wildman–Crippen MR) is 140 cm³/mol. The van der Waals surface area contributed by atoms with Crippen molar-refractivity contribution in [3.63, 3.8) is 0 Å². The molecule has 0 aliphatic rings. The van der Waals surface area contributed by atoms with Gasteiger partial charge >= 0.3 is 0 Å². The number of aldehydes is 2. The summed E-state index contributed by atoms with van der Waals surface area (Å²) in [5, 5.41) is 60.4. The molecule has 10 nitrogen and oxygen atoms in total. The van der Waals surface area contributed by atoms with Crippen LogP contribution in [0.25, 0.3) is 11.1 Å². The summed E-state index contributed by atoms with van der Waals surface area (Å²) in [6, 6.07) is 13.7. The number of hydrogen-bond acceptors (Lipinski definition) is 10. The molecule has 0 radical (unpaired) electrons. The van der Waals surface area contributed by atoms with Crippen molar-refractivity contribution in [2.45, 2.75) is 0 Å². The van der Waals surface area contributed by atoms with Gasteiger partial charge in [0.2, 0.25) is 0 Å². The van der Waals surface area contributed by atoms with E-state index in [4.69, 9.17) is 0 Å². The number of aromatic hydroxyl groups is 6. The summed E-state index contributed by atoms with van der Waals surface area (Å²) < 4.78 is 0. The topological polar surface area (TPSA) is 180 Å². The number of carbonyl (C=O) groups is 2. The second-order valence-corrected chi connectivity index (χ2v) is 8.10. The van der Waals surface area contributed by atoms with Gasteiger partial charge in [-0.15, -0.1) is 0 Å². The summed E-state index contributed by atoms with van der Waals surface area (Å²) in [4.78, 5) is 29.9. The first-order valence-corrected chi connectivity index (χ1v) is 11.0. The fourth-order valence-electron chi connectivity index (χ4n) is 3.52. The number of benzene rings is 4. The molecule has 0 saturated carbocycles. The van der Waals surface area contributed by atoms with Gasteiger partial charge in [0.15, 0.2) is 12.6 Å². The number of carbonyl (C=O) groups excluding carboxylic acids is 2. The fourth-order valence-corrected chi connectivity index (χ4v) is 3.52. The second kappa shape index (κ2) is 10.5. The number of rotatable bonds is 7. The highest BCUT2D eigenvalue weighted by atomic mass is 16.3. The van der Waals surface area contributed by atoms with E-state index in [0.717, 1.165) is 12.1 Å². The highest BCUT2D eigenvalue weighted by Crippen LogP contribution is 2.36. The maximum Gasteiger partial charge on any atom is 0.153 e. The van der Waals surface area contributed by atoms with Crippen molar-refractivity contribution in [3.8, 4) is 45.6 Å². The molecule has 0 aromatic heterocycles. The van der Waals surface area contributed by atoms with Gasteiger partial charge in [-0.25, -0.2) is 0 Å². The highest BCUT2D eigenvalue weighted by Gasteiger charge is 2.10. The molecular weight excluding hydrogens is 492 g/mol. The van der Waals surface area contributed by atoms with Crippen molar-refractivity contribution < 1.29 is 40.2 Å². The molecule has 4 aromatic rings. The maximum atomic E-state index is 10.9. The van der Waals surface area contributed by atoms with E-state index in [-0.39, 0.29) is 68.1 Å². The van der Waals surface area contributed by atoms with Crippen LogP contribution in [0.2, 0.25) is 0 Å². The Hall–Kier alpha value is -5.64. The summed E-state index contributed by atoms with van der Waals surface area (Å²) in [6.45, 7) is 0. The smallest absolute Gasteiger partial charge is 0.153 e. The normalized spacial score (nSPS) is 11.3. The number of nitrogens with zero attached hydrogens (tertiary/aromatic N) is 2. The molecule has 0 aliphatic heterocycles. The minimum Gasteiger partial charge on any atom is -0.507 e. The minimum atomic E-state index is -0.322. The lowest BCUT2D eigenvalue weighted by Crippen LogP contribution is -1.88. The lowest BCUT2D eigenvalue weighted by atomic mass is 10.0. The van der Waals surface area contributed by atoms with Crippen LogP contribution in [-0.4, -0.2) is 55.6 Å². The van der Waals surface area contributed by atoms with Crippen molar-refractivity contribution >= 4 is 36.4 Å². The first kappa shape index (κ1) is 25.5. The van der Waals surface area contributed by atoms with Gasteiger partial charge in [-0.1, -0.05) is 12.1 Å². The van der Waals surface area contributed by atoms with Crippen molar-refractivity contribution in [2.24, 2.45) is 9.98 Å². The van der Waals surface area contributed by atoms with Gasteiger partial charge in [0.1, 0.15) is 45.9 Å². The van der Waals surface area contributed by atoms with Crippen LogP contribution < -0.4 is 0 Å². The molecule has 0 saturated heterocycles. The molecule has 10 heteroatoms. The zero-order chi connectivity index (χ0) is 27.4. The zero-order valence-corrected chi connectivity index (χ0v) is 19.5. The Morgan fingerprint density at radius 1 is 0.447 bits per heavy atom. The van der Waals surface area contributed by atoms with Crippen LogP contribution in [0.4, 0.5) is 11.4 Å². The number of aliphatic imine (C=N–C) groups is 2. The van der Waals surface area contributed by atoms with Crippen molar-refractivity contribution in [2.75, 3.05) is 0 Å². The molecule has 0 heterocycles. The molecule has 0 bridgehead atoms. The largest absolute Gasteiger partial charge is 0.507 e. The fraction of sp³-hybridized carbons (Fsp3) is 0. The first-order chi connectivity index (χ1) is 18.2. The second-order valence-electron chi connectivity index (χ2n) is 8.10. The standard InChI is InChI=1S/C28H20N2O8/c31-13-19-9-23(33)17(7-25(19)35)11-29-21-3-1-15(5-27(21)37)16-2-4-22(28(38)6-16)30-12-18-8-26(36)20(14-32)10-24(18)34/h1-14,33-38H. The van der Waals surface area contributed by atoms with Crippen molar-refractivity contribution in [3.05, 3.63) is 82.9 Å². The van der Waals surface area contributed by atoms with Gasteiger partial charge in [0.25, 0.3) is 0 Å². The molecule has 0 fully saturated rings. The third-order valence-corrected chi connectivity index (χ3v) is 5.58. The third-order valence-electron chi connectivity index (χ3n) is 5.58. The monoisotopic (exact) mass is 512 g/mol. The molecule has 38 heavy (non-hydrogen) atoms. The molecule has 190 valence electrons. The molecule has 0 aliphatic carbocycles. The summed E-state index contributed by atoms with van der Waals surface area (Å²) in [7, 11) is 0. The Labute approximate surface area is 215 Å². The van der Waals surface area contributed by atoms with Crippen LogP contribution in [0.3, 0.4) is 0 Å². The van der Waals surface area contributed by atoms with E-state index in [0.29, 0.717) is 23.7 Å². The van der Waals surface area contributed by atoms with E-state index in [1.807, 2.05) is 0 Å². The maximum absolute atomic E-state index is 10.9. The lowest BCUT2D eigenvalue weighted by Gasteiger charge is -2.07. The quantitative estimate of drug-likeness (QED) is 0.117. The Kier molecular flexibility index (Phi) is 7.06. The van der Waals surface area contributed by atoms with Crippen LogP contribution in [0, 0.1) is 0 Å². The zero-order valence-electron chi connectivity index (χ0n) is 19.5. The highest BCUT2D eigenvalue weighted by molar-refractivity contribution is 5.91. The molecule has 4 aromatic carbocycles. The van der Waals surface area contributed by atoms with Gasteiger partial charge < -0.3 is 30.6 Å². The van der Waals surface area contributed by atoms with E-state index < -0.39 is 0 Å². The summed E-state index contributed by atoms with van der Waals surface area (Å²) in [5.74, 6) is -1.57. The average Bonchev–Trinajstić information content (AvgIpc) is 2.90. The van der Waals surface area contributed by atoms with Gasteiger partial charge in [-0.05, 0) is 59.7 Å². The molecule has 0 unspecified atom stereocenters. The molecule has 0 amide bonds. The van der Waals surface area contributed by atoms with Crippen LogP contribution >= 0.6 is 0 Å². The Bertz CT molecular complexity index is 1510. The van der Waals surface area contributed by atoms with Gasteiger partial charge in [-0.3, -0.25) is 19.6 Å². The summed E-state index contributed by atoms with van der Waals surface area (Å²) >= 11 is 0. The SMILES string of the molecule is O=Cc1cc(O)c(C=Nc2ccc(-c3ccc(N=Cc4cc(O)c(C=O)cc4O)c(O)c3)cc2O)cc1O. The third kappa shape index (κ3) is 5.29. The molecule has 0 spiro atoms. The van der Waals surface area contributed by atoms with Crippen LogP contribution in [0.5, 0.6) is 34.5 Å². The summed E-state index contributed by atoms with van der Waals surface area (Å²) in [6.07, 6.45) is 3.26. The van der Waals surface area contributed by atoms with Crippen molar-refractivity contribution in [1.82, 2.24) is 0 Å². The van der Waals surface area contributed by atoms with E-state index in [1.165, 1.54) is 48.8 Å². The van der Waals surface area contributed by atoms with Crippen molar-refractivity contribution in [1.29, 1.82) is 0 Å². The summed E-state index contributed by atoms with van der Waals surface area (Å²) in [5.41, 5.74) is 1.57. The van der Waals surface area contributed by atoms with E-state index in [9.17, 15) is 40.2 Å². The van der Waals surface area contributed by atoms with E-state index >= 15 is 0 Å². The van der Waals surface area contributed by atoms with Crippen LogP contribution in [-0.2, 0) is 0 Å². The van der Waals surface area contributed by atoms with Crippen LogP contribution in [0.1, 0.15) is 31.8 Å². The minimum absolute atomic E-state index is 0.0718. The molecule has 0 atom stereocenters. The first-order valence-electron chi connectivity index (χ1n) is 11.0. The lowest BCUT2D eigenvalue weighted by molar-refractivity contribution is 0.111. The average molecular weight is 512 g/mol. The Morgan fingerprint density at radius 3 is 1.13 bits per heavy atom. The van der Waals surface area contributed by atoms with Crippen LogP contribution in [0.15, 0.2) is 70.6 Å². The Balaban J connectivity index is 1.55. The van der Waals surface area contributed by atoms with Gasteiger partial charge in [0, 0.05) is 23.6 Å². The van der Waals surface area contributed by atoms with E-state index in [1.54, 1.807) is 12.1 Å². The van der Waals surface area contributed by atoms with Gasteiger partial charge in [0.05, 0.1) is 11.1 Å². The molecular formula is C28H20N2O8. The Morgan fingerprint density at radius 2 is 0.789 bits per heavy atom. The van der Waals surface area contributed by atoms with Gasteiger partial charge in [-0.2, -0.15) is 0 Å². The number of phenols is 6.